The number of benzene rings is 1. The molecular weight excluding hydrogens is 279 g/mol. The minimum Gasteiger partial charge on any atom is -0.326 e. The van der Waals surface area contributed by atoms with Crippen molar-refractivity contribution in [3.63, 3.8) is 0 Å². The lowest BCUT2D eigenvalue weighted by molar-refractivity contribution is 0.574. The first-order valence-electron chi connectivity index (χ1n) is 5.60. The number of hydrogen-bond donors (Lipinski definition) is 2. The summed E-state index contributed by atoms with van der Waals surface area (Å²) in [6.07, 6.45) is 1.59. The Hall–Kier alpha value is -0.690. The fourth-order valence-electron chi connectivity index (χ4n) is 1.39. The number of rotatable bonds is 6. The van der Waals surface area contributed by atoms with Crippen molar-refractivity contribution in [2.75, 3.05) is 6.54 Å². The summed E-state index contributed by atoms with van der Waals surface area (Å²) in [5.74, 6) is -0.782. The van der Waals surface area contributed by atoms with Crippen LogP contribution in [0.15, 0.2) is 17.0 Å². The van der Waals surface area contributed by atoms with Crippen molar-refractivity contribution < 1.29 is 12.8 Å². The van der Waals surface area contributed by atoms with Crippen molar-refractivity contribution in [2.45, 2.75) is 31.2 Å². The van der Waals surface area contributed by atoms with E-state index in [1.54, 1.807) is 0 Å². The minimum atomic E-state index is -3.71. The summed E-state index contributed by atoms with van der Waals surface area (Å²) in [5, 5.41) is -0.134. The smallest absolute Gasteiger partial charge is 0.240 e. The highest BCUT2D eigenvalue weighted by atomic mass is 35.5. The fraction of sp³-hybridized carbons (Fsp3) is 0.455. The molecule has 0 aliphatic rings. The minimum absolute atomic E-state index is 0.0198. The number of unbranched alkanes of at least 4 members (excludes halogenated alkanes) is 1. The third-order valence-corrected chi connectivity index (χ3v) is 4.29. The van der Waals surface area contributed by atoms with Gasteiger partial charge >= 0.3 is 0 Å². The summed E-state index contributed by atoms with van der Waals surface area (Å²) in [6, 6.07) is 2.19. The van der Waals surface area contributed by atoms with Crippen LogP contribution < -0.4 is 10.5 Å². The molecule has 0 atom stereocenters. The number of sulfonamides is 1. The Kier molecular flexibility index (Phi) is 5.52. The van der Waals surface area contributed by atoms with Crippen LogP contribution in [-0.2, 0) is 16.6 Å². The monoisotopic (exact) mass is 294 g/mol. The highest BCUT2D eigenvalue weighted by molar-refractivity contribution is 7.89. The molecule has 3 N–H and O–H groups in total. The second-order valence-electron chi connectivity index (χ2n) is 3.83. The molecule has 7 heteroatoms. The maximum atomic E-state index is 13.5. The summed E-state index contributed by atoms with van der Waals surface area (Å²) in [4.78, 5) is -0.152. The molecule has 0 spiro atoms. The third kappa shape index (κ3) is 3.65. The van der Waals surface area contributed by atoms with Crippen LogP contribution in [0.1, 0.15) is 25.3 Å². The van der Waals surface area contributed by atoms with Gasteiger partial charge in [0.15, 0.2) is 0 Å². The second-order valence-corrected chi connectivity index (χ2v) is 5.98. The quantitative estimate of drug-likeness (QED) is 0.788. The standard InChI is InChI=1S/C11H16ClFN2O2S/c1-2-3-4-15-18(16,17)9-5-8(7-14)11(12)10(13)6-9/h5-6,15H,2-4,7,14H2,1H3. The summed E-state index contributed by atoms with van der Waals surface area (Å²) < 4.78 is 39.6. The first-order chi connectivity index (χ1) is 8.42. The van der Waals surface area contributed by atoms with Crippen molar-refractivity contribution in [3.8, 4) is 0 Å². The summed E-state index contributed by atoms with van der Waals surface area (Å²) >= 11 is 5.67. The van der Waals surface area contributed by atoms with Crippen LogP contribution >= 0.6 is 11.6 Å². The number of hydrogen-bond acceptors (Lipinski definition) is 3. The van der Waals surface area contributed by atoms with E-state index in [2.05, 4.69) is 4.72 Å². The van der Waals surface area contributed by atoms with E-state index in [0.717, 1.165) is 18.9 Å². The molecule has 0 bridgehead atoms. The van der Waals surface area contributed by atoms with Gasteiger partial charge in [0.05, 0.1) is 9.92 Å². The first-order valence-corrected chi connectivity index (χ1v) is 7.46. The Labute approximate surface area is 111 Å². The number of halogens is 2. The lowest BCUT2D eigenvalue weighted by atomic mass is 10.2. The average molecular weight is 295 g/mol. The van der Waals surface area contributed by atoms with Gasteiger partial charge in [0.1, 0.15) is 5.82 Å². The average Bonchev–Trinajstić information content (AvgIpc) is 2.32. The second kappa shape index (κ2) is 6.47. The number of nitrogens with one attached hydrogen (secondary N) is 1. The van der Waals surface area contributed by atoms with Crippen LogP contribution in [0.5, 0.6) is 0 Å². The van der Waals surface area contributed by atoms with E-state index < -0.39 is 15.8 Å². The Bertz CT molecular complexity index is 520. The Morgan fingerprint density at radius 1 is 1.44 bits per heavy atom. The molecule has 102 valence electrons. The van der Waals surface area contributed by atoms with Gasteiger partial charge in [-0.05, 0) is 24.1 Å². The van der Waals surface area contributed by atoms with Gasteiger partial charge < -0.3 is 5.73 Å². The molecule has 0 amide bonds. The third-order valence-electron chi connectivity index (χ3n) is 2.43. The van der Waals surface area contributed by atoms with E-state index in [-0.39, 0.29) is 22.0 Å². The molecule has 0 saturated heterocycles. The highest BCUT2D eigenvalue weighted by Gasteiger charge is 2.17. The largest absolute Gasteiger partial charge is 0.326 e. The van der Waals surface area contributed by atoms with Gasteiger partial charge in [0.2, 0.25) is 10.0 Å². The molecule has 0 aromatic heterocycles. The Morgan fingerprint density at radius 3 is 2.67 bits per heavy atom. The van der Waals surface area contributed by atoms with Crippen LogP contribution in [0.3, 0.4) is 0 Å². The van der Waals surface area contributed by atoms with Gasteiger partial charge in [0, 0.05) is 13.1 Å². The van der Waals surface area contributed by atoms with Gasteiger partial charge in [0.25, 0.3) is 0 Å². The van der Waals surface area contributed by atoms with Crippen molar-refractivity contribution >= 4 is 21.6 Å². The van der Waals surface area contributed by atoms with E-state index in [9.17, 15) is 12.8 Å². The van der Waals surface area contributed by atoms with Gasteiger partial charge in [-0.25, -0.2) is 17.5 Å². The van der Waals surface area contributed by atoms with E-state index in [1.807, 2.05) is 6.92 Å². The Morgan fingerprint density at radius 2 is 2.11 bits per heavy atom. The molecule has 4 nitrogen and oxygen atoms in total. The molecule has 0 radical (unpaired) electrons. The van der Waals surface area contributed by atoms with Crippen molar-refractivity contribution in [1.29, 1.82) is 0 Å². The number of nitrogens with two attached hydrogens (primary N) is 1. The van der Waals surface area contributed by atoms with Gasteiger partial charge in [-0.3, -0.25) is 0 Å². The Balaban J connectivity index is 3.05. The molecule has 0 unspecified atom stereocenters. The van der Waals surface area contributed by atoms with Gasteiger partial charge in [-0.1, -0.05) is 24.9 Å². The van der Waals surface area contributed by atoms with Crippen LogP contribution in [-0.4, -0.2) is 15.0 Å². The zero-order valence-corrected chi connectivity index (χ0v) is 11.6. The van der Waals surface area contributed by atoms with Crippen molar-refractivity contribution in [3.05, 3.63) is 28.5 Å². The van der Waals surface area contributed by atoms with Gasteiger partial charge in [-0.15, -0.1) is 0 Å². The molecule has 0 heterocycles. The lowest BCUT2D eigenvalue weighted by Crippen LogP contribution is -2.25. The fourth-order valence-corrected chi connectivity index (χ4v) is 2.71. The van der Waals surface area contributed by atoms with Crippen LogP contribution in [0.2, 0.25) is 5.02 Å². The molecule has 0 aliphatic heterocycles. The van der Waals surface area contributed by atoms with Gasteiger partial charge in [-0.2, -0.15) is 0 Å². The van der Waals surface area contributed by atoms with Crippen LogP contribution in [0, 0.1) is 5.82 Å². The molecule has 18 heavy (non-hydrogen) atoms. The molecule has 1 rings (SSSR count). The van der Waals surface area contributed by atoms with E-state index in [0.29, 0.717) is 6.54 Å². The summed E-state index contributed by atoms with van der Waals surface area (Å²) in [5.41, 5.74) is 5.66. The molecule has 1 aromatic carbocycles. The predicted octanol–water partition coefficient (Wildman–Crippen LogP) is 2.02. The van der Waals surface area contributed by atoms with Crippen molar-refractivity contribution in [1.82, 2.24) is 4.72 Å². The van der Waals surface area contributed by atoms with E-state index >= 15 is 0 Å². The van der Waals surface area contributed by atoms with Crippen molar-refractivity contribution in [2.24, 2.45) is 5.73 Å². The normalized spacial score (nSPS) is 11.8. The van der Waals surface area contributed by atoms with E-state index in [1.165, 1.54) is 6.07 Å². The molecule has 0 fully saturated rings. The topological polar surface area (TPSA) is 72.2 Å². The summed E-state index contributed by atoms with van der Waals surface area (Å²) in [7, 11) is -3.71. The molecular formula is C11H16ClFN2O2S. The van der Waals surface area contributed by atoms with Crippen LogP contribution in [0.4, 0.5) is 4.39 Å². The molecule has 1 aromatic rings. The SMILES string of the molecule is CCCCNS(=O)(=O)c1cc(F)c(Cl)c(CN)c1. The maximum absolute atomic E-state index is 13.5. The van der Waals surface area contributed by atoms with E-state index in [4.69, 9.17) is 17.3 Å². The lowest BCUT2D eigenvalue weighted by Gasteiger charge is -2.09. The zero-order chi connectivity index (χ0) is 13.8. The van der Waals surface area contributed by atoms with Crippen LogP contribution in [0.25, 0.3) is 0 Å². The summed E-state index contributed by atoms with van der Waals surface area (Å²) in [6.45, 7) is 2.25. The zero-order valence-electron chi connectivity index (χ0n) is 10.0. The molecule has 0 aliphatic carbocycles. The highest BCUT2D eigenvalue weighted by Crippen LogP contribution is 2.24. The first kappa shape index (κ1) is 15.4. The molecule has 0 saturated carbocycles. The maximum Gasteiger partial charge on any atom is 0.240 e. The predicted molar refractivity (Wildman–Crippen MR) is 69.4 cm³/mol.